The van der Waals surface area contributed by atoms with Crippen LogP contribution < -0.4 is 0 Å². The molecule has 0 saturated heterocycles. The molecule has 56 heavy (non-hydrogen) atoms. The molecule has 0 saturated carbocycles. The number of rotatable bonds is 16. The van der Waals surface area contributed by atoms with E-state index in [2.05, 4.69) is 0 Å². The van der Waals surface area contributed by atoms with E-state index in [1.807, 2.05) is 0 Å². The summed E-state index contributed by atoms with van der Waals surface area (Å²) in [6, 6.07) is 0. The second-order valence-electron chi connectivity index (χ2n) is 10.1. The highest BCUT2D eigenvalue weighted by Crippen LogP contribution is 2.70. The molecule has 3 nitrogen and oxygen atoms in total. The van der Waals surface area contributed by atoms with Crippen LogP contribution in [0.4, 0.5) is 154 Å². The van der Waals surface area contributed by atoms with Crippen molar-refractivity contribution in [2.24, 2.45) is 0 Å². The average molecular weight is 949 g/mol. The van der Waals surface area contributed by atoms with Crippen molar-refractivity contribution in [2.75, 3.05) is 0 Å². The van der Waals surface area contributed by atoms with Crippen LogP contribution in [0.2, 0.25) is 0 Å². The van der Waals surface area contributed by atoms with Crippen LogP contribution in [-0.2, 0) is 10.1 Å². The van der Waals surface area contributed by atoms with Gasteiger partial charge in [-0.05, 0) is 0 Å². The van der Waals surface area contributed by atoms with Crippen LogP contribution in [0.5, 0.6) is 0 Å². The minimum Gasteiger partial charge on any atom is -0.743 e. The highest BCUT2D eigenvalue weighted by Gasteiger charge is 3.02. The molecule has 0 aliphatic heterocycles. The molecule has 0 aromatic rings. The zero-order valence-electron chi connectivity index (χ0n) is 23.4. The van der Waals surface area contributed by atoms with Gasteiger partial charge >= 0.3 is 100 Å². The molecule has 0 rings (SSSR count). The van der Waals surface area contributed by atoms with E-state index in [1.165, 1.54) is 0 Å². The lowest BCUT2D eigenvalue weighted by Crippen LogP contribution is -2.80. The first kappa shape index (κ1) is 53.5. The standard InChI is InChI=1S/C17HF35O3S/c18-1(19,2(20,21)4(24,25)6(28,29)8(32,33)10(36,37)12(40,41)14(44,45)16(48,49)50)3(22,23)5(26,27)7(30,31)9(34,35)11(38,39)13(42,43)15(46,47)17(51,52)56(53,54)55/h(H,53,54,55)/p-1. The van der Waals surface area contributed by atoms with Crippen LogP contribution >= 0.6 is 0 Å². The van der Waals surface area contributed by atoms with E-state index in [1.54, 1.807) is 0 Å². The second kappa shape index (κ2) is 12.5. The molecule has 39 heteroatoms. The fraction of sp³-hybridized carbons (Fsp3) is 1.00. The lowest BCUT2D eigenvalue weighted by molar-refractivity contribution is -0.492. The molecular formula is C17F35O3S-. The number of hydrogen-bond donors (Lipinski definition) is 0. The maximum atomic E-state index is 13.8. The Kier molecular flexibility index (Phi) is 11.9. The van der Waals surface area contributed by atoms with Crippen molar-refractivity contribution < 1.29 is 167 Å². The van der Waals surface area contributed by atoms with E-state index < -0.39 is 110 Å². The van der Waals surface area contributed by atoms with Crippen molar-refractivity contribution >= 4 is 10.1 Å². The van der Waals surface area contributed by atoms with Crippen LogP contribution in [0.25, 0.3) is 0 Å². The maximum Gasteiger partial charge on any atom is 0.460 e. The highest BCUT2D eigenvalue weighted by molar-refractivity contribution is 7.86. The summed E-state index contributed by atoms with van der Waals surface area (Å²) in [4.78, 5) is 0. The first-order chi connectivity index (χ1) is 23.2. The van der Waals surface area contributed by atoms with Crippen LogP contribution in [0.3, 0.4) is 0 Å². The molecule has 0 aromatic carbocycles. The Labute approximate surface area is 278 Å². The van der Waals surface area contributed by atoms with Crippen molar-refractivity contribution in [3.05, 3.63) is 0 Å². The van der Waals surface area contributed by atoms with Crippen molar-refractivity contribution in [3.63, 3.8) is 0 Å². The zero-order valence-corrected chi connectivity index (χ0v) is 24.2. The summed E-state index contributed by atoms with van der Waals surface area (Å²) in [7, 11) is -8.73. The summed E-state index contributed by atoms with van der Waals surface area (Å²) >= 11 is 0. The molecule has 0 aliphatic rings. The van der Waals surface area contributed by atoms with Crippen LogP contribution in [0, 0.1) is 0 Å². The molecule has 0 heterocycles. The molecule has 0 amide bonds. The van der Waals surface area contributed by atoms with Gasteiger partial charge in [-0.15, -0.1) is 0 Å². The zero-order chi connectivity index (χ0) is 47.0. The van der Waals surface area contributed by atoms with Crippen LogP contribution in [-0.4, -0.2) is 113 Å². The normalized spacial score (nSPS) is 17.4. The third-order valence-corrected chi connectivity index (χ3v) is 7.44. The van der Waals surface area contributed by atoms with Gasteiger partial charge in [0.05, 0.1) is 0 Å². The molecule has 0 unspecified atom stereocenters. The van der Waals surface area contributed by atoms with Gasteiger partial charge in [0, 0.05) is 0 Å². The van der Waals surface area contributed by atoms with E-state index in [-0.39, 0.29) is 0 Å². The van der Waals surface area contributed by atoms with Gasteiger partial charge in [-0.1, -0.05) is 0 Å². The molecular weight excluding hydrogens is 949 g/mol. The summed E-state index contributed by atoms with van der Waals surface area (Å²) in [6.45, 7) is 0. The topological polar surface area (TPSA) is 57.2 Å². The van der Waals surface area contributed by atoms with Gasteiger partial charge in [0.25, 0.3) is 0 Å². The molecule has 0 radical (unpaired) electrons. The molecule has 0 spiro atoms. The Hall–Kier alpha value is -2.54. The predicted molar refractivity (Wildman–Crippen MR) is 94.9 cm³/mol. The van der Waals surface area contributed by atoms with E-state index in [0.717, 1.165) is 0 Å². The van der Waals surface area contributed by atoms with Crippen molar-refractivity contribution in [3.8, 4) is 0 Å². The minimum atomic E-state index is -10.4. The largest absolute Gasteiger partial charge is 0.743 e. The fourth-order valence-corrected chi connectivity index (χ4v) is 3.52. The lowest BCUT2D eigenvalue weighted by atomic mass is 9.82. The molecule has 338 valence electrons. The van der Waals surface area contributed by atoms with E-state index in [9.17, 15) is 167 Å². The van der Waals surface area contributed by atoms with Crippen LogP contribution in [0.15, 0.2) is 0 Å². The SMILES string of the molecule is O=S(=O)([O-])C(F)(F)C(F)(F)C(F)(F)C(F)(F)C(F)(F)C(F)(F)C(F)(F)C(F)(F)C(F)(F)C(F)(F)C(F)(F)C(F)(F)C(F)(F)C(F)(F)C(F)(F)C(F)(F)C(F)(F)F. The van der Waals surface area contributed by atoms with Gasteiger partial charge in [0.15, 0.2) is 10.1 Å². The highest BCUT2D eigenvalue weighted by atomic mass is 32.2. The Morgan fingerprint density at radius 3 is 0.429 bits per heavy atom. The Morgan fingerprint density at radius 1 is 0.214 bits per heavy atom. The van der Waals surface area contributed by atoms with Gasteiger partial charge in [-0.3, -0.25) is 0 Å². The van der Waals surface area contributed by atoms with E-state index in [4.69, 9.17) is 0 Å². The summed E-state index contributed by atoms with van der Waals surface area (Å²) in [5, 5.41) is -8.58. The molecule has 0 N–H and O–H groups in total. The smallest absolute Gasteiger partial charge is 0.460 e. The van der Waals surface area contributed by atoms with E-state index in [0.29, 0.717) is 0 Å². The second-order valence-corrected chi connectivity index (χ2v) is 11.5. The van der Waals surface area contributed by atoms with E-state index >= 15 is 0 Å². The first-order valence-corrected chi connectivity index (χ1v) is 12.7. The van der Waals surface area contributed by atoms with Gasteiger partial charge < -0.3 is 4.55 Å². The van der Waals surface area contributed by atoms with Gasteiger partial charge in [-0.2, -0.15) is 154 Å². The fourth-order valence-electron chi connectivity index (χ4n) is 3.08. The number of hydrogen-bond acceptors (Lipinski definition) is 3. The van der Waals surface area contributed by atoms with Gasteiger partial charge in [0.1, 0.15) is 0 Å². The van der Waals surface area contributed by atoms with Crippen molar-refractivity contribution in [1.82, 2.24) is 0 Å². The predicted octanol–water partition coefficient (Wildman–Crippen LogP) is 10.2. The molecule has 0 fully saturated rings. The minimum absolute atomic E-state index is 8.46. The van der Waals surface area contributed by atoms with Crippen molar-refractivity contribution in [1.29, 1.82) is 0 Å². The summed E-state index contributed by atoms with van der Waals surface area (Å²) in [5.41, 5.74) is 0. The third kappa shape index (κ3) is 5.79. The summed E-state index contributed by atoms with van der Waals surface area (Å²) < 4.78 is 499. The Morgan fingerprint density at radius 2 is 0.321 bits per heavy atom. The quantitative estimate of drug-likeness (QED) is 0.114. The molecule has 0 bridgehead atoms. The monoisotopic (exact) mass is 949 g/mol. The number of alkyl halides is 35. The molecule has 0 aliphatic carbocycles. The Bertz CT molecular complexity index is 1580. The van der Waals surface area contributed by atoms with Gasteiger partial charge in [-0.25, -0.2) is 8.42 Å². The number of halogens is 35. The maximum absolute atomic E-state index is 13.8. The average Bonchev–Trinajstić information content (AvgIpc) is 2.94. The molecule has 0 aromatic heterocycles. The lowest BCUT2D eigenvalue weighted by Gasteiger charge is -2.47. The molecule has 0 atom stereocenters. The van der Waals surface area contributed by atoms with Crippen LogP contribution in [0.1, 0.15) is 0 Å². The van der Waals surface area contributed by atoms with Gasteiger partial charge in [0.2, 0.25) is 0 Å². The first-order valence-electron chi connectivity index (χ1n) is 11.3. The van der Waals surface area contributed by atoms with Crippen molar-refractivity contribution in [2.45, 2.75) is 100 Å². The third-order valence-electron chi connectivity index (χ3n) is 6.56. The Balaban J connectivity index is 7.88. The summed E-state index contributed by atoms with van der Waals surface area (Å²) in [5.74, 6) is -150. The summed E-state index contributed by atoms with van der Waals surface area (Å²) in [6.07, 6.45) is -8.46.